The molecule has 0 aliphatic heterocycles. The number of hydrogen-bond donors (Lipinski definition) is 4. The lowest BCUT2D eigenvalue weighted by molar-refractivity contribution is 0.0520. The molecule has 2 amide bonds. The highest BCUT2D eigenvalue weighted by atomic mass is 32.1. The standard InChI is InChI=1S/C33H35N7O5S/c1-7-44-29(41)25-18-46-32(39-25)38-24-17-19(33(2,3)4)16-23(28(24)43-6)37-31(42)36-22-12-13-26(21-11-9-8-10-20(21)22)45-27-14-15-35-30(34-5)40-27/h8-18H,7H2,1-6H3,(H,38,39)(H,34,35,40)(H2,36,37,42). The topological polar surface area (TPSA) is 149 Å². The van der Waals surface area contributed by atoms with Crippen molar-refractivity contribution < 1.29 is 23.8 Å². The lowest BCUT2D eigenvalue weighted by Gasteiger charge is -2.24. The van der Waals surface area contributed by atoms with E-state index in [-0.39, 0.29) is 17.7 Å². The number of ether oxygens (including phenoxy) is 3. The maximum atomic E-state index is 13.5. The SMILES string of the molecule is CCOC(=O)c1csc(Nc2cc(C(C)(C)C)cc(NC(=O)Nc3ccc(Oc4ccnc(NC)n4)c4ccccc34)c2OC)n1. The van der Waals surface area contributed by atoms with Gasteiger partial charge in [0.1, 0.15) is 5.75 Å². The van der Waals surface area contributed by atoms with Gasteiger partial charge in [-0.25, -0.2) is 19.6 Å². The summed E-state index contributed by atoms with van der Waals surface area (Å²) in [5.74, 6) is 1.30. The van der Waals surface area contributed by atoms with Gasteiger partial charge in [0.05, 0.1) is 30.8 Å². The summed E-state index contributed by atoms with van der Waals surface area (Å²) in [7, 11) is 3.26. The van der Waals surface area contributed by atoms with Gasteiger partial charge in [-0.15, -0.1) is 11.3 Å². The van der Waals surface area contributed by atoms with E-state index in [0.29, 0.717) is 45.5 Å². The van der Waals surface area contributed by atoms with E-state index in [1.165, 1.54) is 18.4 Å². The number of hydrogen-bond acceptors (Lipinski definition) is 11. The Bertz CT molecular complexity index is 1890. The lowest BCUT2D eigenvalue weighted by Crippen LogP contribution is -2.21. The highest BCUT2D eigenvalue weighted by Gasteiger charge is 2.22. The Morgan fingerprint density at radius 1 is 0.935 bits per heavy atom. The highest BCUT2D eigenvalue weighted by Crippen LogP contribution is 2.41. The number of benzene rings is 3. The molecular weight excluding hydrogens is 606 g/mol. The number of aromatic nitrogens is 3. The van der Waals surface area contributed by atoms with Crippen molar-refractivity contribution in [3.8, 4) is 17.4 Å². The number of thiazole rings is 1. The normalized spacial score (nSPS) is 11.1. The van der Waals surface area contributed by atoms with Crippen molar-refractivity contribution in [1.82, 2.24) is 15.0 Å². The number of anilines is 5. The molecule has 0 aliphatic carbocycles. The second-order valence-electron chi connectivity index (χ2n) is 11.0. The molecule has 2 heterocycles. The van der Waals surface area contributed by atoms with E-state index in [2.05, 4.69) is 57.0 Å². The van der Waals surface area contributed by atoms with Crippen LogP contribution in [0.5, 0.6) is 17.4 Å². The van der Waals surface area contributed by atoms with Gasteiger partial charge in [0.2, 0.25) is 11.8 Å². The summed E-state index contributed by atoms with van der Waals surface area (Å²) in [6.07, 6.45) is 1.61. The number of urea groups is 1. The van der Waals surface area contributed by atoms with Crippen LogP contribution in [0.15, 0.2) is 66.2 Å². The van der Waals surface area contributed by atoms with Crippen LogP contribution in [0.25, 0.3) is 10.8 Å². The van der Waals surface area contributed by atoms with Crippen molar-refractivity contribution >= 4 is 62.3 Å². The largest absolute Gasteiger partial charge is 0.492 e. The maximum absolute atomic E-state index is 13.5. The van der Waals surface area contributed by atoms with Gasteiger partial charge in [0, 0.05) is 35.5 Å². The van der Waals surface area contributed by atoms with Crippen molar-refractivity contribution in [3.63, 3.8) is 0 Å². The summed E-state index contributed by atoms with van der Waals surface area (Å²) in [4.78, 5) is 38.5. The van der Waals surface area contributed by atoms with E-state index in [1.54, 1.807) is 43.7 Å². The van der Waals surface area contributed by atoms with Gasteiger partial charge in [0.15, 0.2) is 16.6 Å². The number of nitrogens with one attached hydrogen (secondary N) is 4. The minimum absolute atomic E-state index is 0.210. The molecule has 238 valence electrons. The molecule has 12 nitrogen and oxygen atoms in total. The Morgan fingerprint density at radius 3 is 2.39 bits per heavy atom. The van der Waals surface area contributed by atoms with Crippen molar-refractivity contribution in [1.29, 1.82) is 0 Å². The number of fused-ring (bicyclic) bond motifs is 1. The molecule has 0 bridgehead atoms. The second-order valence-corrected chi connectivity index (χ2v) is 11.9. The molecule has 0 unspecified atom stereocenters. The van der Waals surface area contributed by atoms with Crippen LogP contribution >= 0.6 is 11.3 Å². The van der Waals surface area contributed by atoms with Crippen LogP contribution in [0.3, 0.4) is 0 Å². The Morgan fingerprint density at radius 2 is 1.67 bits per heavy atom. The van der Waals surface area contributed by atoms with E-state index in [9.17, 15) is 9.59 Å². The van der Waals surface area contributed by atoms with E-state index in [1.807, 2.05) is 36.4 Å². The molecule has 4 N–H and O–H groups in total. The summed E-state index contributed by atoms with van der Waals surface area (Å²) < 4.78 is 16.9. The van der Waals surface area contributed by atoms with Crippen molar-refractivity contribution in [2.45, 2.75) is 33.1 Å². The molecular formula is C33H35N7O5S. The minimum Gasteiger partial charge on any atom is -0.492 e. The van der Waals surface area contributed by atoms with Gasteiger partial charge in [-0.1, -0.05) is 45.0 Å². The molecule has 5 rings (SSSR count). The van der Waals surface area contributed by atoms with Crippen LogP contribution in [-0.4, -0.2) is 47.7 Å². The molecule has 13 heteroatoms. The predicted octanol–water partition coefficient (Wildman–Crippen LogP) is 7.79. The zero-order valence-corrected chi connectivity index (χ0v) is 27.2. The number of rotatable bonds is 10. The summed E-state index contributed by atoms with van der Waals surface area (Å²) >= 11 is 1.26. The number of methoxy groups -OCH3 is 1. The third kappa shape index (κ3) is 7.26. The lowest BCUT2D eigenvalue weighted by atomic mass is 9.86. The molecule has 0 fully saturated rings. The smallest absolute Gasteiger partial charge is 0.357 e. The van der Waals surface area contributed by atoms with Crippen LogP contribution in [0.2, 0.25) is 0 Å². The third-order valence-electron chi connectivity index (χ3n) is 6.84. The predicted molar refractivity (Wildman–Crippen MR) is 181 cm³/mol. The summed E-state index contributed by atoms with van der Waals surface area (Å²) in [6.45, 7) is 8.21. The number of carbonyl (C=O) groups is 2. The van der Waals surface area contributed by atoms with Crippen molar-refractivity contribution in [2.24, 2.45) is 0 Å². The molecule has 0 aliphatic rings. The summed E-state index contributed by atoms with van der Waals surface area (Å²) in [5, 5.41) is 15.7. The Balaban J connectivity index is 1.42. The molecule has 0 spiro atoms. The quantitative estimate of drug-likeness (QED) is 0.111. The van der Waals surface area contributed by atoms with Gasteiger partial charge in [0.25, 0.3) is 0 Å². The van der Waals surface area contributed by atoms with Crippen LogP contribution < -0.4 is 30.7 Å². The highest BCUT2D eigenvalue weighted by molar-refractivity contribution is 7.14. The zero-order chi connectivity index (χ0) is 32.8. The number of nitrogens with zero attached hydrogens (tertiary/aromatic N) is 3. The molecule has 0 radical (unpaired) electrons. The fourth-order valence-electron chi connectivity index (χ4n) is 4.59. The van der Waals surface area contributed by atoms with Crippen LogP contribution in [0, 0.1) is 0 Å². The monoisotopic (exact) mass is 641 g/mol. The molecule has 0 atom stereocenters. The number of amides is 2. The number of esters is 1. The van der Waals surface area contributed by atoms with Crippen molar-refractivity contribution in [3.05, 3.63) is 77.4 Å². The molecule has 0 saturated heterocycles. The first-order valence-electron chi connectivity index (χ1n) is 14.5. The van der Waals surface area contributed by atoms with E-state index < -0.39 is 12.0 Å². The van der Waals surface area contributed by atoms with Crippen LogP contribution in [0.1, 0.15) is 43.7 Å². The third-order valence-corrected chi connectivity index (χ3v) is 7.60. The summed E-state index contributed by atoms with van der Waals surface area (Å²) in [6, 6.07) is 16.2. The van der Waals surface area contributed by atoms with E-state index in [4.69, 9.17) is 14.2 Å². The molecule has 3 aromatic carbocycles. The van der Waals surface area contributed by atoms with Gasteiger partial charge in [-0.05, 0) is 42.2 Å². The second kappa shape index (κ2) is 13.7. The minimum atomic E-state index is -0.495. The van der Waals surface area contributed by atoms with Gasteiger partial charge in [-0.3, -0.25) is 0 Å². The van der Waals surface area contributed by atoms with Crippen LogP contribution in [-0.2, 0) is 10.2 Å². The van der Waals surface area contributed by atoms with E-state index >= 15 is 0 Å². The fraction of sp³-hybridized carbons (Fsp3) is 0.242. The van der Waals surface area contributed by atoms with Gasteiger partial charge < -0.3 is 35.5 Å². The molecule has 2 aromatic heterocycles. The van der Waals surface area contributed by atoms with Gasteiger partial charge >= 0.3 is 12.0 Å². The number of carbonyl (C=O) groups excluding carboxylic acids is 2. The first-order chi connectivity index (χ1) is 22.1. The fourth-order valence-corrected chi connectivity index (χ4v) is 5.28. The molecule has 5 aromatic rings. The maximum Gasteiger partial charge on any atom is 0.357 e. The summed E-state index contributed by atoms with van der Waals surface area (Å²) in [5.41, 5.74) is 2.49. The Kier molecular flexibility index (Phi) is 9.52. The van der Waals surface area contributed by atoms with Gasteiger partial charge in [-0.2, -0.15) is 4.98 Å². The average molecular weight is 642 g/mol. The molecule has 0 saturated carbocycles. The van der Waals surface area contributed by atoms with Crippen molar-refractivity contribution in [2.75, 3.05) is 42.0 Å². The first kappa shape index (κ1) is 32.0. The Labute approximate surface area is 270 Å². The zero-order valence-electron chi connectivity index (χ0n) is 26.3. The molecule has 46 heavy (non-hydrogen) atoms. The Hall–Kier alpha value is -5.43. The first-order valence-corrected chi connectivity index (χ1v) is 15.4. The van der Waals surface area contributed by atoms with Crippen LogP contribution in [0.4, 0.5) is 32.9 Å². The average Bonchev–Trinajstić information content (AvgIpc) is 3.50. The van der Waals surface area contributed by atoms with E-state index in [0.717, 1.165) is 16.3 Å².